The molecule has 1 aliphatic heterocycles. The summed E-state index contributed by atoms with van der Waals surface area (Å²) >= 11 is 0. The molecular formula is C9H16O2. The summed E-state index contributed by atoms with van der Waals surface area (Å²) in [5, 5.41) is 0. The number of hydrogen-bond acceptors (Lipinski definition) is 2. The quantitative estimate of drug-likeness (QED) is 0.543. The third-order valence-electron chi connectivity index (χ3n) is 1.90. The highest BCUT2D eigenvalue weighted by Crippen LogP contribution is 2.29. The first-order valence-electron chi connectivity index (χ1n) is 4.16. The van der Waals surface area contributed by atoms with Crippen LogP contribution in [0.5, 0.6) is 0 Å². The van der Waals surface area contributed by atoms with Crippen molar-refractivity contribution in [3.8, 4) is 0 Å². The van der Waals surface area contributed by atoms with Gasteiger partial charge < -0.3 is 4.74 Å². The molecular weight excluding hydrogens is 140 g/mol. The van der Waals surface area contributed by atoms with Crippen LogP contribution >= 0.6 is 0 Å². The Kier molecular flexibility index (Phi) is 2.21. The molecule has 0 bridgehead atoms. The van der Waals surface area contributed by atoms with E-state index in [1.54, 1.807) is 0 Å². The molecule has 0 aromatic heterocycles. The molecule has 1 heterocycles. The second kappa shape index (κ2) is 2.84. The van der Waals surface area contributed by atoms with Crippen molar-refractivity contribution in [2.24, 2.45) is 11.3 Å². The van der Waals surface area contributed by atoms with Crippen LogP contribution in [-0.2, 0) is 9.53 Å². The number of rotatable bonds is 1. The van der Waals surface area contributed by atoms with Crippen molar-refractivity contribution in [3.05, 3.63) is 0 Å². The third-order valence-corrected chi connectivity index (χ3v) is 1.90. The summed E-state index contributed by atoms with van der Waals surface area (Å²) in [7, 11) is 0. The zero-order valence-corrected chi connectivity index (χ0v) is 7.52. The Morgan fingerprint density at radius 2 is 2.18 bits per heavy atom. The van der Waals surface area contributed by atoms with Crippen LogP contribution in [0.3, 0.4) is 0 Å². The van der Waals surface area contributed by atoms with Gasteiger partial charge in [0.15, 0.2) is 0 Å². The first kappa shape index (κ1) is 8.57. The van der Waals surface area contributed by atoms with Crippen LogP contribution in [-0.4, -0.2) is 12.6 Å². The van der Waals surface area contributed by atoms with Gasteiger partial charge in [0.05, 0.1) is 12.5 Å². The van der Waals surface area contributed by atoms with E-state index in [2.05, 4.69) is 20.8 Å². The van der Waals surface area contributed by atoms with E-state index in [9.17, 15) is 4.79 Å². The van der Waals surface area contributed by atoms with Gasteiger partial charge in [-0.3, -0.25) is 4.79 Å². The number of carbonyl (C=O) groups excluding carboxylic acids is 1. The van der Waals surface area contributed by atoms with Gasteiger partial charge in [-0.2, -0.15) is 0 Å². The maximum Gasteiger partial charge on any atom is 0.309 e. The minimum absolute atomic E-state index is 0.0000694. The minimum atomic E-state index is -0.0000694. The van der Waals surface area contributed by atoms with E-state index in [1.807, 2.05) is 0 Å². The van der Waals surface area contributed by atoms with Crippen molar-refractivity contribution in [3.63, 3.8) is 0 Å². The van der Waals surface area contributed by atoms with E-state index in [-0.39, 0.29) is 17.3 Å². The zero-order valence-electron chi connectivity index (χ0n) is 7.52. The molecule has 0 aliphatic carbocycles. The van der Waals surface area contributed by atoms with Gasteiger partial charge in [-0.15, -0.1) is 0 Å². The van der Waals surface area contributed by atoms with E-state index in [4.69, 9.17) is 4.74 Å². The highest BCUT2D eigenvalue weighted by Gasteiger charge is 2.30. The second-order valence-corrected chi connectivity index (χ2v) is 4.42. The Morgan fingerprint density at radius 3 is 2.55 bits per heavy atom. The van der Waals surface area contributed by atoms with Gasteiger partial charge in [0.2, 0.25) is 0 Å². The minimum Gasteiger partial charge on any atom is -0.465 e. The smallest absolute Gasteiger partial charge is 0.309 e. The summed E-state index contributed by atoms with van der Waals surface area (Å²) in [6.07, 6.45) is 1.86. The Hall–Kier alpha value is -0.530. The molecule has 1 atom stereocenters. The molecule has 0 aromatic rings. The van der Waals surface area contributed by atoms with Gasteiger partial charge in [-0.25, -0.2) is 0 Å². The highest BCUT2D eigenvalue weighted by molar-refractivity contribution is 5.74. The first-order chi connectivity index (χ1) is 4.99. The maximum atomic E-state index is 11.0. The lowest BCUT2D eigenvalue weighted by molar-refractivity contribution is -0.141. The molecule has 1 unspecified atom stereocenters. The Labute approximate surface area is 67.9 Å². The van der Waals surface area contributed by atoms with Gasteiger partial charge in [-0.05, 0) is 18.3 Å². The number of cyclic esters (lactones) is 1. The molecule has 2 heteroatoms. The molecule has 0 N–H and O–H groups in total. The summed E-state index contributed by atoms with van der Waals surface area (Å²) in [5.41, 5.74) is 0.244. The topological polar surface area (TPSA) is 26.3 Å². The summed E-state index contributed by atoms with van der Waals surface area (Å²) in [6.45, 7) is 7.08. The van der Waals surface area contributed by atoms with Gasteiger partial charge in [-0.1, -0.05) is 20.8 Å². The van der Waals surface area contributed by atoms with E-state index < -0.39 is 0 Å². The fourth-order valence-electron chi connectivity index (χ4n) is 1.46. The van der Waals surface area contributed by atoms with Crippen LogP contribution in [0.25, 0.3) is 0 Å². The fourth-order valence-corrected chi connectivity index (χ4v) is 1.46. The maximum absolute atomic E-state index is 11.0. The molecule has 0 saturated carbocycles. The lowest BCUT2D eigenvalue weighted by Gasteiger charge is -2.20. The van der Waals surface area contributed by atoms with Crippen molar-refractivity contribution >= 4 is 5.97 Å². The van der Waals surface area contributed by atoms with Crippen LogP contribution in [0, 0.1) is 11.3 Å². The normalized spacial score (nSPS) is 25.4. The van der Waals surface area contributed by atoms with Crippen LogP contribution in [0.4, 0.5) is 0 Å². The van der Waals surface area contributed by atoms with Crippen LogP contribution in [0.1, 0.15) is 33.6 Å². The number of ether oxygens (including phenoxy) is 1. The average Bonchev–Trinajstić information content (AvgIpc) is 2.12. The SMILES string of the molecule is CC(C)(C)CC1CCOC1=O. The Balaban J connectivity index is 2.43. The van der Waals surface area contributed by atoms with Gasteiger partial charge in [0, 0.05) is 0 Å². The summed E-state index contributed by atoms with van der Waals surface area (Å²) in [4.78, 5) is 11.0. The summed E-state index contributed by atoms with van der Waals surface area (Å²) in [5.74, 6) is 0.162. The van der Waals surface area contributed by atoms with Crippen molar-refractivity contribution in [1.29, 1.82) is 0 Å². The molecule has 64 valence electrons. The van der Waals surface area contributed by atoms with Gasteiger partial charge in [0.1, 0.15) is 0 Å². The molecule has 1 rings (SSSR count). The molecule has 0 spiro atoms. The first-order valence-corrected chi connectivity index (χ1v) is 4.16. The van der Waals surface area contributed by atoms with Crippen molar-refractivity contribution in [1.82, 2.24) is 0 Å². The zero-order chi connectivity index (χ0) is 8.48. The molecule has 1 saturated heterocycles. The predicted octanol–water partition coefficient (Wildman–Crippen LogP) is 1.99. The molecule has 11 heavy (non-hydrogen) atoms. The predicted molar refractivity (Wildman–Crippen MR) is 43.1 cm³/mol. The molecule has 1 aliphatic rings. The Bertz CT molecular complexity index is 155. The largest absolute Gasteiger partial charge is 0.465 e. The van der Waals surface area contributed by atoms with Crippen LogP contribution in [0.2, 0.25) is 0 Å². The lowest BCUT2D eigenvalue weighted by Crippen LogP contribution is -2.16. The third kappa shape index (κ3) is 2.52. The Morgan fingerprint density at radius 1 is 1.55 bits per heavy atom. The van der Waals surface area contributed by atoms with Crippen molar-refractivity contribution < 1.29 is 9.53 Å². The second-order valence-electron chi connectivity index (χ2n) is 4.42. The standard InChI is InChI=1S/C9H16O2/c1-9(2,3)6-7-4-5-11-8(7)10/h7H,4-6H2,1-3H3. The van der Waals surface area contributed by atoms with Crippen LogP contribution < -0.4 is 0 Å². The summed E-state index contributed by atoms with van der Waals surface area (Å²) < 4.78 is 4.87. The molecule has 0 amide bonds. The average molecular weight is 156 g/mol. The van der Waals surface area contributed by atoms with Gasteiger partial charge in [0.25, 0.3) is 0 Å². The molecule has 0 aromatic carbocycles. The molecule has 0 radical (unpaired) electrons. The van der Waals surface area contributed by atoms with E-state index >= 15 is 0 Å². The van der Waals surface area contributed by atoms with Crippen LogP contribution in [0.15, 0.2) is 0 Å². The van der Waals surface area contributed by atoms with Gasteiger partial charge >= 0.3 is 5.97 Å². The van der Waals surface area contributed by atoms with Crippen molar-refractivity contribution in [2.75, 3.05) is 6.61 Å². The summed E-state index contributed by atoms with van der Waals surface area (Å²) in [6, 6.07) is 0. The lowest BCUT2D eigenvalue weighted by atomic mass is 9.84. The van der Waals surface area contributed by atoms with E-state index in [0.29, 0.717) is 6.61 Å². The monoisotopic (exact) mass is 156 g/mol. The van der Waals surface area contributed by atoms with E-state index in [0.717, 1.165) is 12.8 Å². The number of carbonyl (C=O) groups is 1. The molecule has 1 fully saturated rings. The fraction of sp³-hybridized carbons (Fsp3) is 0.889. The number of esters is 1. The highest BCUT2D eigenvalue weighted by atomic mass is 16.5. The molecule has 2 nitrogen and oxygen atoms in total. The van der Waals surface area contributed by atoms with Crippen molar-refractivity contribution in [2.45, 2.75) is 33.6 Å². The van der Waals surface area contributed by atoms with E-state index in [1.165, 1.54) is 0 Å². The number of hydrogen-bond donors (Lipinski definition) is 0.